The molecule has 1 aliphatic carbocycles. The van der Waals surface area contributed by atoms with Gasteiger partial charge in [-0.15, -0.1) is 11.3 Å². The van der Waals surface area contributed by atoms with Crippen molar-refractivity contribution in [2.75, 3.05) is 0 Å². The van der Waals surface area contributed by atoms with Crippen LogP contribution >= 0.6 is 11.3 Å². The summed E-state index contributed by atoms with van der Waals surface area (Å²) < 4.78 is 5.31. The number of nitrogens with one attached hydrogen (secondary N) is 1. The molecule has 0 spiro atoms. The molecular formula is C18H16N2O3S. The number of carbonyl (C=O) groups excluding carboxylic acids is 1. The van der Waals surface area contributed by atoms with Crippen LogP contribution in [0.2, 0.25) is 0 Å². The summed E-state index contributed by atoms with van der Waals surface area (Å²) in [5, 5.41) is 0.710. The van der Waals surface area contributed by atoms with Gasteiger partial charge in [-0.3, -0.25) is 4.79 Å². The second-order valence-corrected chi connectivity index (χ2v) is 7.02. The van der Waals surface area contributed by atoms with E-state index in [9.17, 15) is 9.59 Å². The maximum atomic E-state index is 12.4. The molecular weight excluding hydrogens is 324 g/mol. The molecule has 0 atom stereocenters. The van der Waals surface area contributed by atoms with E-state index in [0.29, 0.717) is 16.8 Å². The summed E-state index contributed by atoms with van der Waals surface area (Å²) in [5.41, 5.74) is 2.39. The van der Waals surface area contributed by atoms with E-state index in [2.05, 4.69) is 9.97 Å². The van der Waals surface area contributed by atoms with Gasteiger partial charge in [-0.2, -0.15) is 0 Å². The van der Waals surface area contributed by atoms with Gasteiger partial charge < -0.3 is 9.72 Å². The van der Waals surface area contributed by atoms with E-state index in [1.54, 1.807) is 23.5 Å². The first kappa shape index (κ1) is 15.1. The third kappa shape index (κ3) is 2.53. The number of esters is 1. The van der Waals surface area contributed by atoms with Crippen molar-refractivity contribution in [2.45, 2.75) is 32.8 Å². The molecule has 0 aliphatic heterocycles. The second-order valence-electron chi connectivity index (χ2n) is 5.94. The predicted octanol–water partition coefficient (Wildman–Crippen LogP) is 3.14. The van der Waals surface area contributed by atoms with Gasteiger partial charge in [0.05, 0.1) is 10.9 Å². The number of aromatic nitrogens is 2. The highest BCUT2D eigenvalue weighted by molar-refractivity contribution is 7.18. The Kier molecular flexibility index (Phi) is 3.69. The van der Waals surface area contributed by atoms with Gasteiger partial charge in [0, 0.05) is 4.88 Å². The van der Waals surface area contributed by atoms with Crippen molar-refractivity contribution < 1.29 is 9.53 Å². The number of carbonyl (C=O) groups is 1. The van der Waals surface area contributed by atoms with Crippen molar-refractivity contribution in [3.63, 3.8) is 0 Å². The smallest absolute Gasteiger partial charge is 0.338 e. The van der Waals surface area contributed by atoms with Gasteiger partial charge in [0.1, 0.15) is 17.3 Å². The van der Waals surface area contributed by atoms with Crippen LogP contribution in [0.4, 0.5) is 0 Å². The van der Waals surface area contributed by atoms with Crippen LogP contribution < -0.4 is 5.56 Å². The second kappa shape index (κ2) is 5.87. The average Bonchev–Trinajstić information content (AvgIpc) is 3.13. The number of fused-ring (bicyclic) bond motifs is 3. The number of benzene rings is 1. The lowest BCUT2D eigenvalue weighted by atomic mass is 10.1. The Morgan fingerprint density at radius 1 is 1.33 bits per heavy atom. The number of aromatic amines is 1. The number of aryl methyl sites for hydroxylation is 3. The molecule has 1 N–H and O–H groups in total. The van der Waals surface area contributed by atoms with Crippen LogP contribution in [-0.2, 0) is 24.2 Å². The summed E-state index contributed by atoms with van der Waals surface area (Å²) in [6.07, 6.45) is 3.07. The van der Waals surface area contributed by atoms with E-state index in [-0.39, 0.29) is 12.2 Å². The SMILES string of the molecule is Cc1ccccc1C(=O)OCc1nc2sc3c(c2c(=O)[nH]1)CCC3. The predicted molar refractivity (Wildman–Crippen MR) is 92.6 cm³/mol. The fourth-order valence-corrected chi connectivity index (χ4v) is 4.41. The Balaban J connectivity index is 1.58. The minimum atomic E-state index is -0.412. The van der Waals surface area contributed by atoms with Gasteiger partial charge in [0.2, 0.25) is 0 Å². The summed E-state index contributed by atoms with van der Waals surface area (Å²) in [7, 11) is 0. The fourth-order valence-electron chi connectivity index (χ4n) is 3.13. The maximum Gasteiger partial charge on any atom is 0.338 e. The minimum absolute atomic E-state index is 0.0408. The first-order valence-corrected chi connectivity index (χ1v) is 8.71. The van der Waals surface area contributed by atoms with Crippen molar-refractivity contribution in [3.8, 4) is 0 Å². The topological polar surface area (TPSA) is 72.0 Å². The third-order valence-corrected chi connectivity index (χ3v) is 5.51. The van der Waals surface area contributed by atoms with Gasteiger partial charge >= 0.3 is 5.97 Å². The van der Waals surface area contributed by atoms with Crippen molar-refractivity contribution in [3.05, 3.63) is 62.0 Å². The Bertz CT molecular complexity index is 1000. The van der Waals surface area contributed by atoms with Crippen LogP contribution in [0, 0.1) is 6.92 Å². The van der Waals surface area contributed by atoms with Crippen molar-refractivity contribution in [2.24, 2.45) is 0 Å². The first-order chi connectivity index (χ1) is 11.6. The van der Waals surface area contributed by atoms with E-state index >= 15 is 0 Å². The number of nitrogens with zero attached hydrogens (tertiary/aromatic N) is 1. The highest BCUT2D eigenvalue weighted by Crippen LogP contribution is 2.34. The minimum Gasteiger partial charge on any atom is -0.454 e. The molecule has 4 rings (SSSR count). The molecule has 3 aromatic rings. The number of hydrogen-bond acceptors (Lipinski definition) is 5. The third-order valence-electron chi connectivity index (χ3n) is 4.33. The Hall–Kier alpha value is -2.47. The molecule has 1 aromatic carbocycles. The zero-order valence-electron chi connectivity index (χ0n) is 13.2. The first-order valence-electron chi connectivity index (χ1n) is 7.89. The number of hydrogen-bond donors (Lipinski definition) is 1. The molecule has 0 radical (unpaired) electrons. The molecule has 0 saturated heterocycles. The Morgan fingerprint density at radius 3 is 3.00 bits per heavy atom. The number of H-pyrrole nitrogens is 1. The number of rotatable bonds is 3. The van der Waals surface area contributed by atoms with Crippen molar-refractivity contribution in [1.82, 2.24) is 9.97 Å². The lowest BCUT2D eigenvalue weighted by molar-refractivity contribution is 0.0461. The molecule has 0 fully saturated rings. The lowest BCUT2D eigenvalue weighted by Gasteiger charge is -2.06. The fraction of sp³-hybridized carbons (Fsp3) is 0.278. The van der Waals surface area contributed by atoms with Crippen LogP contribution in [0.15, 0.2) is 29.1 Å². The molecule has 1 aliphatic rings. The van der Waals surface area contributed by atoms with E-state index in [1.807, 2.05) is 19.1 Å². The molecule has 2 heterocycles. The molecule has 0 bridgehead atoms. The molecule has 122 valence electrons. The van der Waals surface area contributed by atoms with Crippen LogP contribution in [0.5, 0.6) is 0 Å². The van der Waals surface area contributed by atoms with E-state index in [4.69, 9.17) is 4.74 Å². The van der Waals surface area contributed by atoms with Gasteiger partial charge in [-0.25, -0.2) is 9.78 Å². The quantitative estimate of drug-likeness (QED) is 0.744. The Labute approximate surface area is 142 Å². The summed E-state index contributed by atoms with van der Waals surface area (Å²) in [6.45, 7) is 1.82. The van der Waals surface area contributed by atoms with Crippen molar-refractivity contribution in [1.29, 1.82) is 0 Å². The van der Waals surface area contributed by atoms with Crippen LogP contribution in [0.3, 0.4) is 0 Å². The average molecular weight is 340 g/mol. The molecule has 24 heavy (non-hydrogen) atoms. The highest BCUT2D eigenvalue weighted by atomic mass is 32.1. The number of ether oxygens (including phenoxy) is 1. The molecule has 0 unspecified atom stereocenters. The maximum absolute atomic E-state index is 12.4. The van der Waals surface area contributed by atoms with Crippen LogP contribution in [0.1, 0.15) is 38.6 Å². The highest BCUT2D eigenvalue weighted by Gasteiger charge is 2.21. The van der Waals surface area contributed by atoms with Crippen LogP contribution in [0.25, 0.3) is 10.2 Å². The van der Waals surface area contributed by atoms with Crippen molar-refractivity contribution >= 4 is 27.5 Å². The molecule has 0 saturated carbocycles. The standard InChI is InChI=1S/C18H16N2O3S/c1-10-5-2-3-6-11(10)18(22)23-9-14-19-16(21)15-12-7-4-8-13(12)24-17(15)20-14/h2-3,5-6H,4,7-9H2,1H3,(H,19,20,21). The molecule has 0 amide bonds. The van der Waals surface area contributed by atoms with Crippen LogP contribution in [-0.4, -0.2) is 15.9 Å². The van der Waals surface area contributed by atoms with Gasteiger partial charge in [-0.05, 0) is 43.4 Å². The summed E-state index contributed by atoms with van der Waals surface area (Å²) in [5.74, 6) is -0.0288. The number of thiophene rings is 1. The molecule has 5 nitrogen and oxygen atoms in total. The Morgan fingerprint density at radius 2 is 2.17 bits per heavy atom. The van der Waals surface area contributed by atoms with E-state index in [1.165, 1.54) is 4.88 Å². The summed E-state index contributed by atoms with van der Waals surface area (Å²) >= 11 is 1.58. The zero-order valence-corrected chi connectivity index (χ0v) is 14.0. The van der Waals surface area contributed by atoms with Gasteiger partial charge in [0.15, 0.2) is 0 Å². The van der Waals surface area contributed by atoms with Gasteiger partial charge in [-0.1, -0.05) is 18.2 Å². The monoisotopic (exact) mass is 340 g/mol. The lowest BCUT2D eigenvalue weighted by Crippen LogP contribution is -2.14. The largest absolute Gasteiger partial charge is 0.454 e. The van der Waals surface area contributed by atoms with E-state index < -0.39 is 5.97 Å². The summed E-state index contributed by atoms with van der Waals surface area (Å²) in [6, 6.07) is 7.24. The van der Waals surface area contributed by atoms with Gasteiger partial charge in [0.25, 0.3) is 5.56 Å². The summed E-state index contributed by atoms with van der Waals surface area (Å²) in [4.78, 5) is 33.7. The molecule has 6 heteroatoms. The molecule has 2 aromatic heterocycles. The zero-order chi connectivity index (χ0) is 16.7. The van der Waals surface area contributed by atoms with E-state index in [0.717, 1.165) is 35.2 Å². The normalized spacial score (nSPS) is 13.2.